The zero-order valence-electron chi connectivity index (χ0n) is 11.8. The second-order valence-corrected chi connectivity index (χ2v) is 6.43. The third-order valence-corrected chi connectivity index (χ3v) is 4.99. The maximum absolute atomic E-state index is 13.9. The largest absolute Gasteiger partial charge is 0.336 e. The summed E-state index contributed by atoms with van der Waals surface area (Å²) < 4.78 is 14.4. The van der Waals surface area contributed by atoms with E-state index in [2.05, 4.69) is 26.1 Å². The van der Waals surface area contributed by atoms with Gasteiger partial charge in [0.25, 0.3) is 5.91 Å². The maximum Gasteiger partial charge on any atom is 0.258 e. The smallest absolute Gasteiger partial charge is 0.258 e. The molecule has 0 saturated carbocycles. The van der Waals surface area contributed by atoms with Crippen molar-refractivity contribution in [3.05, 3.63) is 34.1 Å². The molecule has 0 bridgehead atoms. The molecule has 0 radical (unpaired) electrons. The van der Waals surface area contributed by atoms with Crippen LogP contribution in [0.5, 0.6) is 0 Å². The first-order valence-electron chi connectivity index (χ1n) is 7.35. The van der Waals surface area contributed by atoms with Crippen LogP contribution >= 0.6 is 15.9 Å². The minimum atomic E-state index is -0.461. The summed E-state index contributed by atoms with van der Waals surface area (Å²) in [4.78, 5) is 16.7. The molecule has 1 aromatic rings. The predicted molar refractivity (Wildman–Crippen MR) is 82.9 cm³/mol. The first-order chi connectivity index (χ1) is 10.2. The Morgan fingerprint density at radius 3 is 2.67 bits per heavy atom. The van der Waals surface area contributed by atoms with Gasteiger partial charge < -0.3 is 10.2 Å². The van der Waals surface area contributed by atoms with Crippen LogP contribution < -0.4 is 5.32 Å². The summed E-state index contributed by atoms with van der Waals surface area (Å²) >= 11 is 3.27. The molecule has 2 aliphatic heterocycles. The highest BCUT2D eigenvalue weighted by atomic mass is 79.9. The third kappa shape index (κ3) is 3.12. The number of hydrogen-bond donors (Lipinski definition) is 1. The van der Waals surface area contributed by atoms with Crippen LogP contribution in [0.4, 0.5) is 4.39 Å². The van der Waals surface area contributed by atoms with Gasteiger partial charge >= 0.3 is 0 Å². The lowest BCUT2D eigenvalue weighted by Gasteiger charge is -2.37. The number of carbonyl (C=O) groups is 1. The first kappa shape index (κ1) is 14.9. The van der Waals surface area contributed by atoms with E-state index in [9.17, 15) is 9.18 Å². The molecule has 4 nitrogen and oxygen atoms in total. The lowest BCUT2D eigenvalue weighted by atomic mass is 10.1. The lowest BCUT2D eigenvalue weighted by molar-refractivity contribution is 0.0578. The van der Waals surface area contributed by atoms with E-state index >= 15 is 0 Å². The average Bonchev–Trinajstić information content (AvgIpc) is 3.01. The summed E-state index contributed by atoms with van der Waals surface area (Å²) in [6, 6.07) is 5.22. The molecule has 6 heteroatoms. The summed E-state index contributed by atoms with van der Waals surface area (Å²) in [5, 5.41) is 3.37. The molecule has 1 N–H and O–H groups in total. The molecule has 2 saturated heterocycles. The molecule has 2 heterocycles. The van der Waals surface area contributed by atoms with Gasteiger partial charge in [-0.25, -0.2) is 4.39 Å². The summed E-state index contributed by atoms with van der Waals surface area (Å²) in [5.74, 6) is -0.680. The van der Waals surface area contributed by atoms with E-state index in [0.29, 0.717) is 23.6 Å². The predicted octanol–water partition coefficient (Wildman–Crippen LogP) is 1.71. The zero-order chi connectivity index (χ0) is 14.8. The molecule has 1 unspecified atom stereocenters. The third-order valence-electron chi connectivity index (χ3n) is 4.33. The molecule has 2 fully saturated rings. The average molecular weight is 356 g/mol. The van der Waals surface area contributed by atoms with E-state index in [4.69, 9.17) is 0 Å². The fourth-order valence-corrected chi connectivity index (χ4v) is 3.61. The number of rotatable bonds is 2. The minimum Gasteiger partial charge on any atom is -0.336 e. The van der Waals surface area contributed by atoms with E-state index in [1.54, 1.807) is 17.0 Å². The highest BCUT2D eigenvalue weighted by Crippen LogP contribution is 2.22. The van der Waals surface area contributed by atoms with Crippen molar-refractivity contribution < 1.29 is 9.18 Å². The summed E-state index contributed by atoms with van der Waals surface area (Å²) in [5.41, 5.74) is 0.147. The molecule has 0 aromatic heterocycles. The van der Waals surface area contributed by atoms with Crippen LogP contribution in [0.25, 0.3) is 0 Å². The number of hydrogen-bond acceptors (Lipinski definition) is 3. The molecule has 21 heavy (non-hydrogen) atoms. The molecular weight excluding hydrogens is 337 g/mol. The standard InChI is InChI=1S/C15H19BrFN3O/c16-12-2-1-3-13(17)14(12)15(21)20-8-6-19(7-9-20)11-4-5-18-10-11/h1-3,11,18H,4-10H2. The van der Waals surface area contributed by atoms with Gasteiger partial charge in [-0.2, -0.15) is 0 Å². The van der Waals surface area contributed by atoms with Crippen LogP contribution in [0.15, 0.2) is 22.7 Å². The number of nitrogens with zero attached hydrogens (tertiary/aromatic N) is 2. The van der Waals surface area contributed by atoms with Crippen molar-refractivity contribution in [2.75, 3.05) is 39.3 Å². The second kappa shape index (κ2) is 6.42. The normalized spacial score (nSPS) is 23.5. The van der Waals surface area contributed by atoms with Crippen molar-refractivity contribution in [1.82, 2.24) is 15.1 Å². The van der Waals surface area contributed by atoms with Gasteiger partial charge in [0.15, 0.2) is 0 Å². The zero-order valence-corrected chi connectivity index (χ0v) is 13.4. The Morgan fingerprint density at radius 1 is 1.29 bits per heavy atom. The van der Waals surface area contributed by atoms with E-state index in [-0.39, 0.29) is 11.5 Å². The van der Waals surface area contributed by atoms with Gasteiger partial charge in [-0.3, -0.25) is 9.69 Å². The number of nitrogens with one attached hydrogen (secondary N) is 1. The topological polar surface area (TPSA) is 35.6 Å². The van der Waals surface area contributed by atoms with Crippen molar-refractivity contribution >= 4 is 21.8 Å². The molecule has 3 rings (SSSR count). The van der Waals surface area contributed by atoms with Crippen LogP contribution in [-0.4, -0.2) is 61.0 Å². The summed E-state index contributed by atoms with van der Waals surface area (Å²) in [6.45, 7) is 5.17. The van der Waals surface area contributed by atoms with Crippen LogP contribution in [0.2, 0.25) is 0 Å². The van der Waals surface area contributed by atoms with Crippen molar-refractivity contribution in [1.29, 1.82) is 0 Å². The molecule has 0 spiro atoms. The molecular formula is C15H19BrFN3O. The van der Waals surface area contributed by atoms with E-state index in [0.717, 1.165) is 26.2 Å². The van der Waals surface area contributed by atoms with E-state index in [1.807, 2.05) is 0 Å². The molecule has 0 aliphatic carbocycles. The molecule has 1 atom stereocenters. The van der Waals surface area contributed by atoms with Crippen molar-refractivity contribution in [3.8, 4) is 0 Å². The fraction of sp³-hybridized carbons (Fsp3) is 0.533. The Kier molecular flexibility index (Phi) is 4.57. The van der Waals surface area contributed by atoms with Crippen LogP contribution in [0.3, 0.4) is 0 Å². The fourth-order valence-electron chi connectivity index (χ4n) is 3.10. The highest BCUT2D eigenvalue weighted by Gasteiger charge is 2.29. The van der Waals surface area contributed by atoms with Gasteiger partial charge in [-0.15, -0.1) is 0 Å². The molecule has 1 amide bonds. The number of benzene rings is 1. The van der Waals surface area contributed by atoms with Gasteiger partial charge in [0.1, 0.15) is 5.82 Å². The number of carbonyl (C=O) groups excluding carboxylic acids is 1. The summed E-state index contributed by atoms with van der Waals surface area (Å²) in [7, 11) is 0. The number of piperazine rings is 1. The quantitative estimate of drug-likeness (QED) is 0.877. The van der Waals surface area contributed by atoms with Crippen molar-refractivity contribution in [2.24, 2.45) is 0 Å². The Morgan fingerprint density at radius 2 is 2.05 bits per heavy atom. The van der Waals surface area contributed by atoms with E-state index < -0.39 is 5.82 Å². The first-order valence-corrected chi connectivity index (χ1v) is 8.14. The van der Waals surface area contributed by atoms with Crippen LogP contribution in [0.1, 0.15) is 16.8 Å². The van der Waals surface area contributed by atoms with Crippen LogP contribution in [-0.2, 0) is 0 Å². The summed E-state index contributed by atoms with van der Waals surface area (Å²) in [6.07, 6.45) is 1.17. The minimum absolute atomic E-state index is 0.147. The van der Waals surface area contributed by atoms with Gasteiger partial charge in [0.05, 0.1) is 5.56 Å². The molecule has 1 aromatic carbocycles. The van der Waals surface area contributed by atoms with Gasteiger partial charge in [0, 0.05) is 43.2 Å². The highest BCUT2D eigenvalue weighted by molar-refractivity contribution is 9.10. The van der Waals surface area contributed by atoms with Crippen molar-refractivity contribution in [3.63, 3.8) is 0 Å². The van der Waals surface area contributed by atoms with E-state index in [1.165, 1.54) is 12.5 Å². The SMILES string of the molecule is O=C(c1c(F)cccc1Br)N1CCN(C2CCNC2)CC1. The lowest BCUT2D eigenvalue weighted by Crippen LogP contribution is -2.52. The Bertz CT molecular complexity index is 505. The number of halogens is 2. The Labute approximate surface area is 132 Å². The van der Waals surface area contributed by atoms with Crippen molar-refractivity contribution in [2.45, 2.75) is 12.5 Å². The Balaban J connectivity index is 1.65. The Hall–Kier alpha value is -0.980. The second-order valence-electron chi connectivity index (χ2n) is 5.57. The van der Waals surface area contributed by atoms with Gasteiger partial charge in [0.2, 0.25) is 0 Å². The number of amides is 1. The molecule has 2 aliphatic rings. The van der Waals surface area contributed by atoms with Crippen LogP contribution in [0, 0.1) is 5.82 Å². The maximum atomic E-state index is 13.9. The monoisotopic (exact) mass is 355 g/mol. The van der Waals surface area contributed by atoms with Gasteiger partial charge in [-0.05, 0) is 41.0 Å². The molecule has 114 valence electrons. The van der Waals surface area contributed by atoms with Gasteiger partial charge in [-0.1, -0.05) is 6.07 Å².